The van der Waals surface area contributed by atoms with Crippen molar-refractivity contribution in [3.8, 4) is 17.0 Å². The smallest absolute Gasteiger partial charge is 0.396 e. The first-order chi connectivity index (χ1) is 11.7. The lowest BCUT2D eigenvalue weighted by Gasteiger charge is -2.20. The Morgan fingerprint density at radius 3 is 2.76 bits per heavy atom. The molecule has 1 aromatic carbocycles. The standard InChI is InChI=1S/C14H13FN4O5S/c15-25(22,23)24-12-7-8(1-2-9(12)16)10-5-6-19(18-10)11-3-4-13(20)17-14(11)21/h1-2,5-7,11H,3-4,16H2,(H,17,20,21). The molecule has 1 saturated heterocycles. The van der Waals surface area contributed by atoms with Gasteiger partial charge >= 0.3 is 10.5 Å². The van der Waals surface area contributed by atoms with Crippen molar-refractivity contribution in [2.75, 3.05) is 5.73 Å². The quantitative estimate of drug-likeness (QED) is 0.461. The molecular formula is C14H13FN4O5S. The second-order valence-electron chi connectivity index (χ2n) is 5.38. The van der Waals surface area contributed by atoms with Gasteiger partial charge in [0.15, 0.2) is 5.75 Å². The van der Waals surface area contributed by atoms with E-state index in [1.54, 1.807) is 18.3 Å². The topological polar surface area (TPSA) is 133 Å². The number of rotatable bonds is 4. The minimum absolute atomic E-state index is 0.0606. The highest BCUT2D eigenvalue weighted by molar-refractivity contribution is 7.81. The van der Waals surface area contributed by atoms with E-state index in [1.165, 1.54) is 16.8 Å². The molecule has 0 spiro atoms. The van der Waals surface area contributed by atoms with Crippen LogP contribution in [0.1, 0.15) is 18.9 Å². The molecule has 2 heterocycles. The SMILES string of the molecule is Nc1ccc(-c2ccn(C3CCC(=O)NC3=O)n2)cc1OS(=O)(=O)F. The van der Waals surface area contributed by atoms with Gasteiger partial charge in [0.05, 0.1) is 11.4 Å². The number of carbonyl (C=O) groups excluding carboxylic acids is 2. The van der Waals surface area contributed by atoms with Crippen LogP contribution in [0.2, 0.25) is 0 Å². The Morgan fingerprint density at radius 2 is 2.08 bits per heavy atom. The Labute approximate surface area is 142 Å². The fourth-order valence-electron chi connectivity index (χ4n) is 2.47. The Hall–Kier alpha value is -2.95. The normalized spacial score (nSPS) is 18.0. The van der Waals surface area contributed by atoms with Gasteiger partial charge in [0.1, 0.15) is 6.04 Å². The van der Waals surface area contributed by atoms with Gasteiger partial charge < -0.3 is 9.92 Å². The summed E-state index contributed by atoms with van der Waals surface area (Å²) in [4.78, 5) is 23.1. The van der Waals surface area contributed by atoms with Crippen molar-refractivity contribution in [3.63, 3.8) is 0 Å². The number of hydrogen-bond acceptors (Lipinski definition) is 7. The third kappa shape index (κ3) is 3.76. The maximum absolute atomic E-state index is 12.7. The van der Waals surface area contributed by atoms with Crippen LogP contribution in [-0.4, -0.2) is 30.0 Å². The maximum Gasteiger partial charge on any atom is 0.488 e. The third-order valence-electron chi connectivity index (χ3n) is 3.64. The Bertz CT molecular complexity index is 956. The second-order valence-corrected chi connectivity index (χ2v) is 6.33. The Balaban J connectivity index is 1.89. The first kappa shape index (κ1) is 16.9. The van der Waals surface area contributed by atoms with Crippen LogP contribution in [0.15, 0.2) is 30.5 Å². The number of amides is 2. The van der Waals surface area contributed by atoms with Crippen molar-refractivity contribution < 1.29 is 26.1 Å². The van der Waals surface area contributed by atoms with Crippen LogP contribution < -0.4 is 15.2 Å². The number of nitrogens with one attached hydrogen (secondary N) is 1. The van der Waals surface area contributed by atoms with Crippen LogP contribution >= 0.6 is 0 Å². The van der Waals surface area contributed by atoms with E-state index >= 15 is 0 Å². The van der Waals surface area contributed by atoms with E-state index in [9.17, 15) is 21.9 Å². The average molecular weight is 368 g/mol. The summed E-state index contributed by atoms with van der Waals surface area (Å²) in [5.74, 6) is -1.15. The van der Waals surface area contributed by atoms with Crippen molar-refractivity contribution in [2.24, 2.45) is 0 Å². The number of piperidine rings is 1. The summed E-state index contributed by atoms with van der Waals surface area (Å²) in [5, 5.41) is 6.49. The van der Waals surface area contributed by atoms with Crippen molar-refractivity contribution in [1.82, 2.24) is 15.1 Å². The average Bonchev–Trinajstić information content (AvgIpc) is 2.97. The van der Waals surface area contributed by atoms with Crippen LogP contribution in [0.3, 0.4) is 0 Å². The van der Waals surface area contributed by atoms with Crippen molar-refractivity contribution in [1.29, 1.82) is 0 Å². The number of halogens is 1. The number of imide groups is 1. The molecule has 1 aromatic heterocycles. The van der Waals surface area contributed by atoms with Gasteiger partial charge in [-0.05, 0) is 24.6 Å². The van der Waals surface area contributed by atoms with Crippen LogP contribution in [0.25, 0.3) is 11.3 Å². The molecule has 2 aromatic rings. The summed E-state index contributed by atoms with van der Waals surface area (Å²) < 4.78 is 39.6. The Morgan fingerprint density at radius 1 is 1.32 bits per heavy atom. The highest BCUT2D eigenvalue weighted by atomic mass is 32.3. The summed E-state index contributed by atoms with van der Waals surface area (Å²) in [6.45, 7) is 0. The van der Waals surface area contributed by atoms with E-state index in [0.29, 0.717) is 17.7 Å². The number of hydrogen-bond donors (Lipinski definition) is 2. The fraction of sp³-hybridized carbons (Fsp3) is 0.214. The highest BCUT2D eigenvalue weighted by Crippen LogP contribution is 2.30. The lowest BCUT2D eigenvalue weighted by Crippen LogP contribution is -2.41. The molecule has 1 fully saturated rings. The third-order valence-corrected chi connectivity index (χ3v) is 4.02. The minimum atomic E-state index is -5.21. The molecule has 25 heavy (non-hydrogen) atoms. The molecule has 2 amide bonds. The molecule has 0 saturated carbocycles. The first-order valence-corrected chi connectivity index (χ1v) is 8.46. The van der Waals surface area contributed by atoms with Gasteiger partial charge in [-0.15, -0.1) is 0 Å². The van der Waals surface area contributed by atoms with Crippen LogP contribution in [0.5, 0.6) is 5.75 Å². The van der Waals surface area contributed by atoms with Gasteiger partial charge in [-0.3, -0.25) is 19.6 Å². The number of aromatic nitrogens is 2. The summed E-state index contributed by atoms with van der Waals surface area (Å²) >= 11 is 0. The first-order valence-electron chi connectivity index (χ1n) is 7.16. The molecule has 11 heteroatoms. The molecule has 1 unspecified atom stereocenters. The lowest BCUT2D eigenvalue weighted by atomic mass is 10.1. The number of anilines is 1. The zero-order valence-corrected chi connectivity index (χ0v) is 13.5. The molecule has 3 N–H and O–H groups in total. The van der Waals surface area contributed by atoms with Crippen molar-refractivity contribution in [2.45, 2.75) is 18.9 Å². The van der Waals surface area contributed by atoms with E-state index in [4.69, 9.17) is 5.73 Å². The van der Waals surface area contributed by atoms with E-state index < -0.39 is 22.5 Å². The number of benzene rings is 1. The fourth-order valence-corrected chi connectivity index (χ4v) is 2.83. The van der Waals surface area contributed by atoms with Crippen molar-refractivity contribution in [3.05, 3.63) is 30.5 Å². The largest absolute Gasteiger partial charge is 0.488 e. The van der Waals surface area contributed by atoms with Gasteiger partial charge in [-0.1, -0.05) is 9.95 Å². The molecule has 1 atom stereocenters. The van der Waals surface area contributed by atoms with Crippen LogP contribution in [-0.2, 0) is 20.1 Å². The summed E-state index contributed by atoms with van der Waals surface area (Å²) in [7, 11) is -5.21. The molecule has 132 valence electrons. The van der Waals surface area contributed by atoms with Crippen LogP contribution in [0.4, 0.5) is 9.57 Å². The summed E-state index contributed by atoms with van der Waals surface area (Å²) in [5.41, 5.74) is 6.31. The summed E-state index contributed by atoms with van der Waals surface area (Å²) in [6, 6.07) is 5.08. The lowest BCUT2D eigenvalue weighted by molar-refractivity contribution is -0.135. The second kappa shape index (κ2) is 6.16. The number of nitrogens with two attached hydrogens (primary N) is 1. The molecule has 9 nitrogen and oxygen atoms in total. The molecule has 0 aliphatic carbocycles. The molecule has 0 bridgehead atoms. The monoisotopic (exact) mass is 368 g/mol. The van der Waals surface area contributed by atoms with E-state index in [-0.39, 0.29) is 23.8 Å². The molecular weight excluding hydrogens is 355 g/mol. The molecule has 0 radical (unpaired) electrons. The molecule has 1 aliphatic heterocycles. The van der Waals surface area contributed by atoms with Gasteiger partial charge in [-0.25, -0.2) is 0 Å². The van der Waals surface area contributed by atoms with E-state index in [1.807, 2.05) is 0 Å². The predicted octanol–water partition coefficient (Wildman–Crippen LogP) is 0.703. The molecule has 3 rings (SSSR count). The number of nitrogens with zero attached hydrogens (tertiary/aromatic N) is 2. The Kier molecular flexibility index (Phi) is 4.17. The zero-order chi connectivity index (χ0) is 18.2. The summed E-state index contributed by atoms with van der Waals surface area (Å²) in [6.07, 6.45) is 2.08. The zero-order valence-electron chi connectivity index (χ0n) is 12.7. The van der Waals surface area contributed by atoms with Gasteiger partial charge in [-0.2, -0.15) is 13.5 Å². The maximum atomic E-state index is 12.7. The van der Waals surface area contributed by atoms with Crippen LogP contribution in [0, 0.1) is 0 Å². The highest BCUT2D eigenvalue weighted by Gasteiger charge is 2.28. The van der Waals surface area contributed by atoms with Gasteiger partial charge in [0.2, 0.25) is 5.91 Å². The van der Waals surface area contributed by atoms with E-state index in [0.717, 1.165) is 0 Å². The molecule has 1 aliphatic rings. The minimum Gasteiger partial charge on any atom is -0.396 e. The van der Waals surface area contributed by atoms with Crippen molar-refractivity contribution >= 4 is 28.0 Å². The van der Waals surface area contributed by atoms with E-state index in [2.05, 4.69) is 14.6 Å². The van der Waals surface area contributed by atoms with Gasteiger partial charge in [0, 0.05) is 18.2 Å². The van der Waals surface area contributed by atoms with Gasteiger partial charge in [0.25, 0.3) is 5.91 Å². The predicted molar refractivity (Wildman–Crippen MR) is 84.2 cm³/mol. The number of carbonyl (C=O) groups is 2. The number of nitrogen functional groups attached to an aromatic ring is 1.